The summed E-state index contributed by atoms with van der Waals surface area (Å²) in [5.74, 6) is -0.280. The van der Waals surface area contributed by atoms with E-state index >= 15 is 0 Å². The predicted molar refractivity (Wildman–Crippen MR) is 39.5 cm³/mol. The molecule has 0 saturated carbocycles. The van der Waals surface area contributed by atoms with Crippen LogP contribution in [0.1, 0.15) is 6.42 Å². The van der Waals surface area contributed by atoms with E-state index in [1.165, 1.54) is 7.11 Å². The molecule has 6 nitrogen and oxygen atoms in total. The quantitative estimate of drug-likeness (QED) is 0.331. The topological polar surface area (TPSA) is 88.6 Å². The summed E-state index contributed by atoms with van der Waals surface area (Å²) in [6.07, 6.45) is 0.565. The van der Waals surface area contributed by atoms with Crippen molar-refractivity contribution in [1.82, 2.24) is 10.2 Å². The van der Waals surface area contributed by atoms with E-state index in [0.29, 0.717) is 13.0 Å². The highest BCUT2D eigenvalue weighted by molar-refractivity contribution is 5.76. The Hall–Kier alpha value is -1.26. The van der Waals surface area contributed by atoms with Crippen LogP contribution in [0.15, 0.2) is 5.11 Å². The fraction of sp³-hybridized carbons (Fsp3) is 0.833. The number of rotatable bonds is 2. The lowest BCUT2D eigenvalue weighted by atomic mass is 10.2. The van der Waals surface area contributed by atoms with E-state index in [4.69, 9.17) is 5.53 Å². The highest BCUT2D eigenvalue weighted by Crippen LogP contribution is 2.10. The van der Waals surface area contributed by atoms with Crippen molar-refractivity contribution in [2.45, 2.75) is 18.5 Å². The van der Waals surface area contributed by atoms with Gasteiger partial charge in [-0.1, -0.05) is 0 Å². The summed E-state index contributed by atoms with van der Waals surface area (Å²) in [6.45, 7) is 0.585. The van der Waals surface area contributed by atoms with Crippen LogP contribution in [0, 0.1) is 5.53 Å². The third kappa shape index (κ3) is 1.87. The minimum absolute atomic E-state index is 0.0633. The average molecular weight is 171 g/mol. The summed E-state index contributed by atoms with van der Waals surface area (Å²) >= 11 is 0. The third-order valence-corrected chi connectivity index (χ3v) is 1.81. The number of nitrogens with zero attached hydrogens (tertiary/aromatic N) is 2. The zero-order chi connectivity index (χ0) is 8.97. The molecule has 1 saturated heterocycles. The summed E-state index contributed by atoms with van der Waals surface area (Å²) in [7, 11) is 1.35. The van der Waals surface area contributed by atoms with Gasteiger partial charge in [0.15, 0.2) is 0 Å². The Kier molecular flexibility index (Phi) is 2.90. The van der Waals surface area contributed by atoms with Gasteiger partial charge in [0.2, 0.25) is 4.91 Å². The minimum Gasteiger partial charge on any atom is -0.468 e. The molecule has 0 aliphatic carbocycles. The number of methoxy groups -OCH3 is 1. The first-order chi connectivity index (χ1) is 5.77. The smallest absolute Gasteiger partial charge is 0.322 e. The number of ether oxygens (including phenoxy) is 1. The lowest BCUT2D eigenvalue weighted by molar-refractivity contribution is -0.142. The first-order valence-corrected chi connectivity index (χ1v) is 3.65. The largest absolute Gasteiger partial charge is 0.468 e. The summed E-state index contributed by atoms with van der Waals surface area (Å²) in [4.78, 5) is 13.9. The summed E-state index contributed by atoms with van der Waals surface area (Å²) in [5.41, 5.74) is 6.50. The van der Waals surface area contributed by atoms with E-state index < -0.39 is 0 Å². The van der Waals surface area contributed by atoms with Gasteiger partial charge in [-0.3, -0.25) is 4.79 Å². The van der Waals surface area contributed by atoms with Crippen LogP contribution in [-0.4, -0.2) is 31.7 Å². The average Bonchev–Trinajstić information content (AvgIpc) is 2.52. The monoisotopic (exact) mass is 171 g/mol. The first kappa shape index (κ1) is 8.83. The third-order valence-electron chi connectivity index (χ3n) is 1.81. The summed E-state index contributed by atoms with van der Waals surface area (Å²) in [6, 6.07) is -0.350. The summed E-state index contributed by atoms with van der Waals surface area (Å²) in [5, 5.41) is 6.54. The van der Waals surface area contributed by atoms with Gasteiger partial charge in [0.25, 0.3) is 0 Å². The van der Waals surface area contributed by atoms with Crippen molar-refractivity contribution in [3.05, 3.63) is 0 Å². The molecule has 0 aromatic heterocycles. The van der Waals surface area contributed by atoms with Crippen LogP contribution >= 0.6 is 0 Å². The molecular formula is C6H11N4O2+. The van der Waals surface area contributed by atoms with Crippen LogP contribution in [0.4, 0.5) is 0 Å². The molecule has 0 aromatic carbocycles. The number of esters is 1. The molecule has 1 fully saturated rings. The Bertz CT molecular complexity index is 224. The predicted octanol–water partition coefficient (Wildman–Crippen LogP) is -0.560. The van der Waals surface area contributed by atoms with Gasteiger partial charge >= 0.3 is 5.97 Å². The standard InChI is InChI=1S/C6H11N4O2/c1-12-6(11)5-2-4(3-8-5)9-10-7/h4-5,7-8H,2-3H2,1H3/q+1/t4-,5-/m0/s1. The second-order valence-electron chi connectivity index (χ2n) is 2.59. The van der Waals surface area contributed by atoms with Crippen molar-refractivity contribution in [2.75, 3.05) is 13.7 Å². The normalized spacial score (nSPS) is 27.8. The summed E-state index contributed by atoms with van der Waals surface area (Å²) < 4.78 is 4.54. The zero-order valence-corrected chi connectivity index (χ0v) is 6.78. The Labute approximate surface area is 69.5 Å². The molecule has 1 heterocycles. The number of carbonyl (C=O) groups is 1. The Morgan fingerprint density at radius 2 is 2.58 bits per heavy atom. The fourth-order valence-electron chi connectivity index (χ4n) is 1.21. The molecule has 2 N–H and O–H groups in total. The Balaban J connectivity index is 2.45. The Morgan fingerprint density at radius 1 is 1.83 bits per heavy atom. The lowest BCUT2D eigenvalue weighted by Gasteiger charge is -2.04. The molecular weight excluding hydrogens is 160 g/mol. The molecule has 2 atom stereocenters. The molecule has 1 aliphatic heterocycles. The van der Waals surface area contributed by atoms with E-state index in [0.717, 1.165) is 0 Å². The molecule has 6 heteroatoms. The first-order valence-electron chi connectivity index (χ1n) is 3.65. The maximum absolute atomic E-state index is 11.0. The van der Waals surface area contributed by atoms with Gasteiger partial charge in [0, 0.05) is 13.0 Å². The molecule has 1 aliphatic rings. The van der Waals surface area contributed by atoms with Crippen molar-refractivity contribution in [2.24, 2.45) is 5.11 Å². The van der Waals surface area contributed by atoms with Gasteiger partial charge in [-0.15, -0.1) is 0 Å². The number of hydrogen-bond donors (Lipinski definition) is 2. The van der Waals surface area contributed by atoms with Gasteiger partial charge in [0.1, 0.15) is 22.7 Å². The maximum atomic E-state index is 11.0. The highest BCUT2D eigenvalue weighted by atomic mass is 16.5. The van der Waals surface area contributed by atoms with Crippen LogP contribution in [0.3, 0.4) is 0 Å². The minimum atomic E-state index is -0.287. The SMILES string of the molecule is COC(=O)[C@@H]1C[C@H](N=[N+]=N)CN1. The van der Waals surface area contributed by atoms with E-state index in [-0.39, 0.29) is 18.1 Å². The van der Waals surface area contributed by atoms with Crippen LogP contribution in [0.25, 0.3) is 0 Å². The van der Waals surface area contributed by atoms with E-state index in [2.05, 4.69) is 20.1 Å². The second kappa shape index (κ2) is 3.94. The molecule has 0 bridgehead atoms. The molecule has 0 amide bonds. The van der Waals surface area contributed by atoms with E-state index in [1.807, 2.05) is 0 Å². The highest BCUT2D eigenvalue weighted by Gasteiger charge is 2.32. The van der Waals surface area contributed by atoms with Gasteiger partial charge < -0.3 is 10.1 Å². The molecule has 66 valence electrons. The van der Waals surface area contributed by atoms with Crippen molar-refractivity contribution < 1.29 is 9.53 Å². The molecule has 1 rings (SSSR count). The van der Waals surface area contributed by atoms with E-state index in [9.17, 15) is 4.79 Å². The second-order valence-corrected chi connectivity index (χ2v) is 2.59. The number of nitrogens with one attached hydrogen (secondary N) is 2. The van der Waals surface area contributed by atoms with Crippen molar-refractivity contribution >= 4 is 5.97 Å². The van der Waals surface area contributed by atoms with Gasteiger partial charge in [-0.05, 0) is 0 Å². The van der Waals surface area contributed by atoms with Crippen LogP contribution in [0.5, 0.6) is 0 Å². The van der Waals surface area contributed by atoms with Crippen molar-refractivity contribution in [3.8, 4) is 0 Å². The van der Waals surface area contributed by atoms with Gasteiger partial charge in [0.05, 0.1) is 7.11 Å². The van der Waals surface area contributed by atoms with Gasteiger partial charge in [-0.2, -0.15) is 0 Å². The lowest BCUT2D eigenvalue weighted by Crippen LogP contribution is -2.31. The van der Waals surface area contributed by atoms with Crippen molar-refractivity contribution in [3.63, 3.8) is 0 Å². The molecule has 0 unspecified atom stereocenters. The van der Waals surface area contributed by atoms with Crippen LogP contribution in [-0.2, 0) is 9.53 Å². The van der Waals surface area contributed by atoms with Crippen LogP contribution < -0.4 is 10.2 Å². The van der Waals surface area contributed by atoms with Gasteiger partial charge in [-0.25, -0.2) is 0 Å². The molecule has 0 spiro atoms. The van der Waals surface area contributed by atoms with E-state index in [1.54, 1.807) is 0 Å². The number of hydrogen-bond acceptors (Lipinski definition) is 5. The zero-order valence-electron chi connectivity index (χ0n) is 6.78. The molecule has 0 radical (unpaired) electrons. The maximum Gasteiger partial charge on any atom is 0.322 e. The Morgan fingerprint density at radius 3 is 3.17 bits per heavy atom. The van der Waals surface area contributed by atoms with Crippen LogP contribution in [0.2, 0.25) is 0 Å². The fourth-order valence-corrected chi connectivity index (χ4v) is 1.21. The molecule has 0 aromatic rings. The number of carbonyl (C=O) groups excluding carboxylic acids is 1. The molecule has 12 heavy (non-hydrogen) atoms. The van der Waals surface area contributed by atoms with Crippen molar-refractivity contribution in [1.29, 1.82) is 5.53 Å².